The maximum Gasteiger partial charge on any atom is 0.534 e. The average molecular weight is 886 g/mol. The Morgan fingerprint density at radius 3 is 1.64 bits per heavy atom. The molecule has 0 bridgehead atoms. The second kappa shape index (κ2) is 18.5. The first-order chi connectivity index (χ1) is 28.9. The smallest absolute Gasteiger partial charge is 0.423 e. The SMILES string of the molecule is Cc1ncc2cc(-c3ccccc3Cl)cc(-c3cccc(N)c3)c2n1.Cc1ncc2cc(-c3ccccc3Cl)cc(OS(=O)(=O)C(F)(F)F)c2n1.Nc1cccc(B(O)O)c1. The Morgan fingerprint density at radius 1 is 0.623 bits per heavy atom. The van der Waals surface area contributed by atoms with Gasteiger partial charge in [-0.15, -0.1) is 0 Å². The Labute approximate surface area is 358 Å². The van der Waals surface area contributed by atoms with Crippen molar-refractivity contribution in [2.24, 2.45) is 0 Å². The lowest BCUT2D eigenvalue weighted by Gasteiger charge is -2.13. The van der Waals surface area contributed by atoms with Crippen molar-refractivity contribution in [3.05, 3.63) is 155 Å². The second-order valence-corrected chi connectivity index (χ2v) is 15.7. The van der Waals surface area contributed by atoms with Crippen LogP contribution in [0.2, 0.25) is 10.0 Å². The van der Waals surface area contributed by atoms with E-state index in [-0.39, 0.29) is 11.3 Å². The van der Waals surface area contributed by atoms with Crippen molar-refractivity contribution >= 4 is 79.1 Å². The van der Waals surface area contributed by atoms with Gasteiger partial charge >= 0.3 is 22.7 Å². The molecule has 0 saturated carbocycles. The molecular formula is C43H34BCl2F3N6O5S. The predicted molar refractivity (Wildman–Crippen MR) is 236 cm³/mol. The van der Waals surface area contributed by atoms with Crippen LogP contribution < -0.4 is 21.1 Å². The molecule has 310 valence electrons. The minimum absolute atomic E-state index is 0.0545. The summed E-state index contributed by atoms with van der Waals surface area (Å²) in [6.45, 7) is 3.41. The van der Waals surface area contributed by atoms with E-state index in [0.29, 0.717) is 37.7 Å². The topological polar surface area (TPSA) is 187 Å². The average Bonchev–Trinajstić information content (AvgIpc) is 3.21. The molecule has 8 aromatic rings. The van der Waals surface area contributed by atoms with Crippen LogP contribution in [0.5, 0.6) is 5.75 Å². The number of halogens is 5. The lowest BCUT2D eigenvalue weighted by Crippen LogP contribution is -2.29. The Bertz CT molecular complexity index is 3000. The first-order valence-electron chi connectivity index (χ1n) is 18.0. The number of alkyl halides is 3. The number of benzene rings is 6. The van der Waals surface area contributed by atoms with E-state index in [1.165, 1.54) is 19.2 Å². The number of aryl methyl sites for hydroxylation is 2. The lowest BCUT2D eigenvalue weighted by molar-refractivity contribution is -0.0499. The van der Waals surface area contributed by atoms with Gasteiger partial charge in [-0.1, -0.05) is 83.9 Å². The molecule has 6 N–H and O–H groups in total. The van der Waals surface area contributed by atoms with E-state index in [9.17, 15) is 21.6 Å². The minimum Gasteiger partial charge on any atom is -0.423 e. The highest BCUT2D eigenvalue weighted by Crippen LogP contribution is 2.38. The van der Waals surface area contributed by atoms with E-state index < -0.39 is 28.5 Å². The summed E-state index contributed by atoms with van der Waals surface area (Å²) < 4.78 is 65.4. The molecule has 11 nitrogen and oxygen atoms in total. The zero-order chi connectivity index (χ0) is 44.1. The zero-order valence-corrected chi connectivity index (χ0v) is 34.5. The van der Waals surface area contributed by atoms with Crippen molar-refractivity contribution in [3.63, 3.8) is 0 Å². The van der Waals surface area contributed by atoms with Crippen LogP contribution >= 0.6 is 23.2 Å². The molecule has 0 radical (unpaired) electrons. The summed E-state index contributed by atoms with van der Waals surface area (Å²) in [5, 5.41) is 19.6. The fourth-order valence-electron chi connectivity index (χ4n) is 6.01. The molecule has 0 saturated heterocycles. The first kappa shape index (κ1) is 44.3. The van der Waals surface area contributed by atoms with E-state index >= 15 is 0 Å². The highest BCUT2D eigenvalue weighted by atomic mass is 35.5. The molecule has 2 aromatic heterocycles. The number of hydrogen-bond acceptors (Lipinski definition) is 11. The third-order valence-electron chi connectivity index (χ3n) is 8.83. The third kappa shape index (κ3) is 10.7. The summed E-state index contributed by atoms with van der Waals surface area (Å²) in [4.78, 5) is 17.0. The molecule has 18 heteroatoms. The minimum atomic E-state index is -5.86. The van der Waals surface area contributed by atoms with Crippen LogP contribution in [0.3, 0.4) is 0 Å². The zero-order valence-electron chi connectivity index (χ0n) is 32.1. The van der Waals surface area contributed by atoms with Crippen LogP contribution in [-0.4, -0.2) is 51.0 Å². The van der Waals surface area contributed by atoms with Gasteiger partial charge in [0.15, 0.2) is 5.75 Å². The van der Waals surface area contributed by atoms with Gasteiger partial charge in [-0.25, -0.2) is 19.9 Å². The third-order valence-corrected chi connectivity index (χ3v) is 10.5. The summed E-state index contributed by atoms with van der Waals surface area (Å²) in [6, 6.07) is 35.7. The molecule has 0 amide bonds. The monoisotopic (exact) mass is 884 g/mol. The summed E-state index contributed by atoms with van der Waals surface area (Å²) in [6.07, 6.45) is 3.22. The molecule has 0 unspecified atom stereocenters. The number of nitrogens with two attached hydrogens (primary N) is 2. The Kier molecular flexibility index (Phi) is 13.5. The van der Waals surface area contributed by atoms with Crippen molar-refractivity contribution < 1.29 is 35.8 Å². The van der Waals surface area contributed by atoms with Gasteiger partial charge in [0.2, 0.25) is 0 Å². The highest BCUT2D eigenvalue weighted by molar-refractivity contribution is 7.88. The van der Waals surface area contributed by atoms with Gasteiger partial charge in [-0.3, -0.25) is 0 Å². The summed E-state index contributed by atoms with van der Waals surface area (Å²) >= 11 is 12.5. The van der Waals surface area contributed by atoms with Gasteiger partial charge in [0.1, 0.15) is 17.2 Å². The lowest BCUT2D eigenvalue weighted by atomic mass is 9.80. The molecule has 0 aliphatic carbocycles. The van der Waals surface area contributed by atoms with Crippen LogP contribution in [0, 0.1) is 13.8 Å². The van der Waals surface area contributed by atoms with E-state index in [4.69, 9.17) is 44.7 Å². The van der Waals surface area contributed by atoms with Gasteiger partial charge in [-0.2, -0.15) is 21.6 Å². The van der Waals surface area contributed by atoms with Crippen molar-refractivity contribution in [1.82, 2.24) is 19.9 Å². The molecule has 2 heterocycles. The van der Waals surface area contributed by atoms with Crippen LogP contribution in [-0.2, 0) is 10.1 Å². The van der Waals surface area contributed by atoms with Crippen molar-refractivity contribution in [2.45, 2.75) is 19.4 Å². The number of rotatable bonds is 6. The van der Waals surface area contributed by atoms with Crippen molar-refractivity contribution in [2.75, 3.05) is 11.5 Å². The van der Waals surface area contributed by atoms with E-state index in [1.54, 1.807) is 48.5 Å². The van der Waals surface area contributed by atoms with Crippen LogP contribution in [0.1, 0.15) is 11.6 Å². The summed E-state index contributed by atoms with van der Waals surface area (Å²) in [5.74, 6) is 0.431. The quantitative estimate of drug-likeness (QED) is 0.0540. The molecule has 61 heavy (non-hydrogen) atoms. The van der Waals surface area contributed by atoms with E-state index in [0.717, 1.165) is 50.7 Å². The standard InChI is InChI=1S/C21H16ClN3.C16H10ClF3N2O3S.C6H8BNO2/c1-13-24-12-16-9-15(18-7-2-3-8-20(18)22)11-19(21(16)25-13)14-5-4-6-17(23)10-14;1-9-21-8-11-6-10(12-4-2-3-5-13(12)17)7-14(15(11)22-9)25-26(23,24)16(18,19)20;8-6-3-1-2-5(4-6)7(9)10/h2-12H,23H2,1H3;2-8H,1H3;1-4,9-10H,8H2. The Balaban J connectivity index is 0.000000167. The number of nitrogens with zero attached hydrogens (tertiary/aromatic N) is 4. The van der Waals surface area contributed by atoms with Gasteiger partial charge in [0.05, 0.1) is 5.52 Å². The molecule has 0 fully saturated rings. The normalized spacial score (nSPS) is 11.3. The molecular weight excluding hydrogens is 851 g/mol. The fraction of sp³-hybridized carbons (Fsp3) is 0.0698. The number of hydrogen-bond donors (Lipinski definition) is 4. The molecule has 0 atom stereocenters. The molecule has 0 aliphatic rings. The van der Waals surface area contributed by atoms with Crippen LogP contribution in [0.4, 0.5) is 24.5 Å². The maximum atomic E-state index is 12.7. The number of nitrogen functional groups attached to an aromatic ring is 2. The largest absolute Gasteiger partial charge is 0.534 e. The number of anilines is 2. The van der Waals surface area contributed by atoms with Gasteiger partial charge in [0.25, 0.3) is 0 Å². The predicted octanol–water partition coefficient (Wildman–Crippen LogP) is 8.94. The van der Waals surface area contributed by atoms with Crippen LogP contribution in [0.15, 0.2) is 134 Å². The highest BCUT2D eigenvalue weighted by Gasteiger charge is 2.49. The summed E-state index contributed by atoms with van der Waals surface area (Å²) in [5.41, 5.74) is 13.2. The van der Waals surface area contributed by atoms with Gasteiger partial charge < -0.3 is 25.7 Å². The molecule has 0 aliphatic heterocycles. The summed E-state index contributed by atoms with van der Waals surface area (Å²) in [7, 11) is -7.28. The molecule has 8 rings (SSSR count). The van der Waals surface area contributed by atoms with Gasteiger partial charge in [0, 0.05) is 61.3 Å². The fourth-order valence-corrected chi connectivity index (χ4v) is 6.96. The van der Waals surface area contributed by atoms with Crippen LogP contribution in [0.25, 0.3) is 55.2 Å². The number of aromatic nitrogens is 4. The second-order valence-electron chi connectivity index (χ2n) is 13.3. The van der Waals surface area contributed by atoms with Crippen molar-refractivity contribution in [3.8, 4) is 39.1 Å². The Morgan fingerprint density at radius 2 is 1.13 bits per heavy atom. The maximum absolute atomic E-state index is 12.7. The molecule has 0 spiro atoms. The number of fused-ring (bicyclic) bond motifs is 2. The van der Waals surface area contributed by atoms with E-state index in [1.807, 2.05) is 61.7 Å². The Hall–Kier alpha value is -6.30. The first-order valence-corrected chi connectivity index (χ1v) is 20.2. The molecule has 6 aromatic carbocycles. The van der Waals surface area contributed by atoms with Gasteiger partial charge in [-0.05, 0) is 96.7 Å². The van der Waals surface area contributed by atoms with E-state index in [2.05, 4.69) is 36.3 Å². The van der Waals surface area contributed by atoms with Crippen molar-refractivity contribution in [1.29, 1.82) is 0 Å².